The van der Waals surface area contributed by atoms with Crippen molar-refractivity contribution < 1.29 is 9.53 Å². The van der Waals surface area contributed by atoms with E-state index in [-0.39, 0.29) is 5.91 Å². The van der Waals surface area contributed by atoms with Gasteiger partial charge in [-0.1, -0.05) is 30.3 Å². The molecule has 1 saturated carbocycles. The predicted octanol–water partition coefficient (Wildman–Crippen LogP) is 1.60. The number of likely N-dealkylation sites (N-methyl/N-ethyl adjacent to an activating group) is 1. The molecule has 1 aliphatic heterocycles. The first kappa shape index (κ1) is 14.5. The lowest BCUT2D eigenvalue weighted by Gasteiger charge is -2.42. The Labute approximate surface area is 126 Å². The Kier molecular flexibility index (Phi) is 4.27. The molecule has 0 bridgehead atoms. The van der Waals surface area contributed by atoms with Crippen molar-refractivity contribution in [3.63, 3.8) is 0 Å². The van der Waals surface area contributed by atoms with Crippen LogP contribution in [0.5, 0.6) is 0 Å². The molecule has 21 heavy (non-hydrogen) atoms. The molecule has 0 radical (unpaired) electrons. The first-order valence-corrected chi connectivity index (χ1v) is 7.85. The summed E-state index contributed by atoms with van der Waals surface area (Å²) in [7, 11) is 2.05. The predicted molar refractivity (Wildman–Crippen MR) is 82.1 cm³/mol. The van der Waals surface area contributed by atoms with Crippen molar-refractivity contribution in [1.29, 1.82) is 0 Å². The van der Waals surface area contributed by atoms with Gasteiger partial charge in [0.25, 0.3) is 5.91 Å². The van der Waals surface area contributed by atoms with E-state index in [2.05, 4.69) is 29.4 Å². The first-order chi connectivity index (χ1) is 10.2. The average molecular weight is 288 g/mol. The molecule has 0 unspecified atom stereocenters. The van der Waals surface area contributed by atoms with Crippen LogP contribution in [0.3, 0.4) is 0 Å². The van der Waals surface area contributed by atoms with E-state index >= 15 is 0 Å². The molecular formula is C17H24N2O2. The molecule has 4 nitrogen and oxygen atoms in total. The fourth-order valence-electron chi connectivity index (χ4n) is 3.08. The van der Waals surface area contributed by atoms with Gasteiger partial charge in [-0.2, -0.15) is 0 Å². The maximum absolute atomic E-state index is 12.8. The van der Waals surface area contributed by atoms with E-state index in [0.29, 0.717) is 25.6 Å². The van der Waals surface area contributed by atoms with Gasteiger partial charge in [0.05, 0.1) is 6.61 Å². The molecular weight excluding hydrogens is 264 g/mol. The van der Waals surface area contributed by atoms with Gasteiger partial charge in [0, 0.05) is 25.6 Å². The van der Waals surface area contributed by atoms with Crippen molar-refractivity contribution in [2.24, 2.45) is 0 Å². The second-order valence-corrected chi connectivity index (χ2v) is 6.34. The van der Waals surface area contributed by atoms with Gasteiger partial charge >= 0.3 is 0 Å². The Morgan fingerprint density at radius 3 is 2.76 bits per heavy atom. The number of morpholine rings is 1. The third kappa shape index (κ3) is 3.27. The summed E-state index contributed by atoms with van der Waals surface area (Å²) in [5, 5.41) is 3.18. The standard InChI is InChI=1S/C17H24N2O2/c1-19-10-11-21-17(13-19,12-14-6-3-2-4-7-14)16(20)18-15-8-5-9-15/h2-4,6-7,15H,5,8-13H2,1H3,(H,18,20)/t17-/m0/s1. The summed E-state index contributed by atoms with van der Waals surface area (Å²) >= 11 is 0. The van der Waals surface area contributed by atoms with Gasteiger partial charge in [0.2, 0.25) is 0 Å². The normalized spacial score (nSPS) is 27.1. The number of amides is 1. The van der Waals surface area contributed by atoms with Gasteiger partial charge in [-0.25, -0.2) is 0 Å². The lowest BCUT2D eigenvalue weighted by molar-refractivity contribution is -0.160. The van der Waals surface area contributed by atoms with E-state index in [0.717, 1.165) is 24.9 Å². The van der Waals surface area contributed by atoms with Crippen LogP contribution in [0.4, 0.5) is 0 Å². The molecule has 0 aromatic heterocycles. The van der Waals surface area contributed by atoms with Crippen LogP contribution >= 0.6 is 0 Å². The lowest BCUT2D eigenvalue weighted by Crippen LogP contribution is -2.62. The smallest absolute Gasteiger partial charge is 0.254 e. The highest BCUT2D eigenvalue weighted by molar-refractivity contribution is 5.86. The molecule has 1 amide bonds. The molecule has 1 aromatic rings. The number of benzene rings is 1. The Hall–Kier alpha value is -1.39. The highest BCUT2D eigenvalue weighted by Gasteiger charge is 2.44. The largest absolute Gasteiger partial charge is 0.362 e. The maximum Gasteiger partial charge on any atom is 0.254 e. The minimum Gasteiger partial charge on any atom is -0.362 e. The second kappa shape index (κ2) is 6.16. The van der Waals surface area contributed by atoms with Crippen molar-refractivity contribution >= 4 is 5.91 Å². The summed E-state index contributed by atoms with van der Waals surface area (Å²) < 4.78 is 6.02. The number of nitrogens with zero attached hydrogens (tertiary/aromatic N) is 1. The zero-order valence-corrected chi connectivity index (χ0v) is 12.7. The van der Waals surface area contributed by atoms with Crippen LogP contribution < -0.4 is 5.32 Å². The van der Waals surface area contributed by atoms with Gasteiger partial charge < -0.3 is 15.0 Å². The maximum atomic E-state index is 12.8. The van der Waals surface area contributed by atoms with E-state index < -0.39 is 5.60 Å². The average Bonchev–Trinajstić information content (AvgIpc) is 2.43. The molecule has 1 heterocycles. The topological polar surface area (TPSA) is 41.6 Å². The summed E-state index contributed by atoms with van der Waals surface area (Å²) in [5.74, 6) is 0.0580. The molecule has 1 saturated heterocycles. The second-order valence-electron chi connectivity index (χ2n) is 6.34. The molecule has 2 aliphatic rings. The van der Waals surface area contributed by atoms with Crippen molar-refractivity contribution in [1.82, 2.24) is 10.2 Å². The number of rotatable bonds is 4. The molecule has 0 spiro atoms. The van der Waals surface area contributed by atoms with Gasteiger partial charge in [-0.15, -0.1) is 0 Å². The zero-order chi connectivity index (χ0) is 14.7. The molecule has 1 atom stereocenters. The number of carbonyl (C=O) groups excluding carboxylic acids is 1. The minimum atomic E-state index is -0.746. The minimum absolute atomic E-state index is 0.0580. The fourth-order valence-corrected chi connectivity index (χ4v) is 3.08. The lowest BCUT2D eigenvalue weighted by atomic mass is 9.88. The van der Waals surface area contributed by atoms with Crippen LogP contribution in [0.1, 0.15) is 24.8 Å². The SMILES string of the molecule is CN1CCO[C@](Cc2ccccc2)(C(=O)NC2CCC2)C1. The van der Waals surface area contributed by atoms with Crippen molar-refractivity contribution in [3.05, 3.63) is 35.9 Å². The molecule has 114 valence electrons. The molecule has 1 aromatic carbocycles. The summed E-state index contributed by atoms with van der Waals surface area (Å²) in [6.45, 7) is 2.15. The number of carbonyl (C=O) groups is 1. The third-order valence-electron chi connectivity index (χ3n) is 4.56. The highest BCUT2D eigenvalue weighted by atomic mass is 16.5. The van der Waals surface area contributed by atoms with Crippen LogP contribution in [0, 0.1) is 0 Å². The zero-order valence-electron chi connectivity index (χ0n) is 12.7. The van der Waals surface area contributed by atoms with E-state index in [4.69, 9.17) is 4.74 Å². The van der Waals surface area contributed by atoms with Gasteiger partial charge in [-0.3, -0.25) is 4.79 Å². The Balaban J connectivity index is 1.78. The number of hydrogen-bond acceptors (Lipinski definition) is 3. The Morgan fingerprint density at radius 1 is 1.38 bits per heavy atom. The summed E-state index contributed by atoms with van der Waals surface area (Å²) in [4.78, 5) is 15.0. The summed E-state index contributed by atoms with van der Waals surface area (Å²) in [5.41, 5.74) is 0.404. The van der Waals surface area contributed by atoms with Crippen molar-refractivity contribution in [2.75, 3.05) is 26.7 Å². The fraction of sp³-hybridized carbons (Fsp3) is 0.588. The number of ether oxygens (including phenoxy) is 1. The molecule has 4 heteroatoms. The summed E-state index contributed by atoms with van der Waals surface area (Å²) in [6, 6.07) is 10.5. The Bertz CT molecular complexity index is 487. The van der Waals surface area contributed by atoms with E-state index in [9.17, 15) is 4.79 Å². The van der Waals surface area contributed by atoms with Crippen LogP contribution in [0.25, 0.3) is 0 Å². The number of hydrogen-bond donors (Lipinski definition) is 1. The van der Waals surface area contributed by atoms with E-state index in [1.807, 2.05) is 18.2 Å². The third-order valence-corrected chi connectivity index (χ3v) is 4.56. The van der Waals surface area contributed by atoms with Crippen LogP contribution in [-0.4, -0.2) is 49.2 Å². The van der Waals surface area contributed by atoms with Gasteiger partial charge in [0.1, 0.15) is 0 Å². The first-order valence-electron chi connectivity index (χ1n) is 7.85. The molecule has 1 N–H and O–H groups in total. The number of nitrogens with one attached hydrogen (secondary N) is 1. The van der Waals surface area contributed by atoms with Gasteiger partial charge in [-0.05, 0) is 31.9 Å². The van der Waals surface area contributed by atoms with Gasteiger partial charge in [0.15, 0.2) is 5.60 Å². The van der Waals surface area contributed by atoms with E-state index in [1.165, 1.54) is 6.42 Å². The van der Waals surface area contributed by atoms with Crippen LogP contribution in [0.2, 0.25) is 0 Å². The van der Waals surface area contributed by atoms with E-state index in [1.54, 1.807) is 0 Å². The van der Waals surface area contributed by atoms with Crippen LogP contribution in [-0.2, 0) is 16.0 Å². The quantitative estimate of drug-likeness (QED) is 0.915. The summed E-state index contributed by atoms with van der Waals surface area (Å²) in [6.07, 6.45) is 4.06. The molecule has 2 fully saturated rings. The molecule has 1 aliphatic carbocycles. The van der Waals surface area contributed by atoms with Crippen molar-refractivity contribution in [2.45, 2.75) is 37.3 Å². The Morgan fingerprint density at radius 2 is 2.14 bits per heavy atom. The highest BCUT2D eigenvalue weighted by Crippen LogP contribution is 2.25. The monoisotopic (exact) mass is 288 g/mol. The van der Waals surface area contributed by atoms with Crippen molar-refractivity contribution in [3.8, 4) is 0 Å². The van der Waals surface area contributed by atoms with Crippen LogP contribution in [0.15, 0.2) is 30.3 Å². The molecule has 3 rings (SSSR count).